The average Bonchev–Trinajstić information content (AvgIpc) is 2.02. The van der Waals surface area contributed by atoms with Crippen LogP contribution in [-0.2, 0) is 9.47 Å². The summed E-state index contributed by atoms with van der Waals surface area (Å²) < 4.78 is 10.5. The summed E-state index contributed by atoms with van der Waals surface area (Å²) >= 11 is 0. The molecule has 2 aliphatic rings. The molecular formula is C11H20O3. The van der Waals surface area contributed by atoms with Crippen molar-refractivity contribution in [2.75, 3.05) is 26.4 Å². The van der Waals surface area contributed by atoms with E-state index in [0.717, 1.165) is 12.8 Å². The molecule has 0 unspecified atom stereocenters. The molecule has 0 bridgehead atoms. The van der Waals surface area contributed by atoms with Crippen molar-refractivity contribution >= 4 is 0 Å². The van der Waals surface area contributed by atoms with Gasteiger partial charge >= 0.3 is 0 Å². The Morgan fingerprint density at radius 3 is 1.50 bits per heavy atom. The predicted molar refractivity (Wildman–Crippen MR) is 53.1 cm³/mol. The predicted octanol–water partition coefficient (Wildman–Crippen LogP) is 1.20. The Morgan fingerprint density at radius 1 is 1.00 bits per heavy atom. The highest BCUT2D eigenvalue weighted by atomic mass is 16.5. The first-order valence-corrected chi connectivity index (χ1v) is 5.53. The number of ether oxygens (including phenoxy) is 2. The van der Waals surface area contributed by atoms with Crippen molar-refractivity contribution in [3.05, 3.63) is 0 Å². The minimum absolute atomic E-state index is 0.0137. The summed E-state index contributed by atoms with van der Waals surface area (Å²) in [5.41, 5.74) is 0.0274. The molecule has 0 aromatic carbocycles. The fourth-order valence-corrected chi connectivity index (χ4v) is 2.49. The molecule has 3 nitrogen and oxygen atoms in total. The van der Waals surface area contributed by atoms with Gasteiger partial charge in [-0.15, -0.1) is 0 Å². The molecule has 0 amide bonds. The van der Waals surface area contributed by atoms with Crippen LogP contribution in [0.3, 0.4) is 0 Å². The van der Waals surface area contributed by atoms with E-state index in [1.165, 1.54) is 0 Å². The third-order valence-electron chi connectivity index (χ3n) is 4.13. The minimum Gasteiger partial charge on any atom is -0.392 e. The standard InChI is InChI=1S/C11H20O3/c1-3-10(5-13-6-10)9(12)11(4-2)7-14-8-11/h9,12H,3-8H2,1-2H3. The van der Waals surface area contributed by atoms with Gasteiger partial charge in [0, 0.05) is 10.8 Å². The summed E-state index contributed by atoms with van der Waals surface area (Å²) in [5.74, 6) is 0. The van der Waals surface area contributed by atoms with Gasteiger partial charge in [-0.25, -0.2) is 0 Å². The minimum atomic E-state index is -0.257. The average molecular weight is 200 g/mol. The first kappa shape index (κ1) is 10.4. The van der Waals surface area contributed by atoms with Gasteiger partial charge in [-0.3, -0.25) is 0 Å². The molecule has 0 atom stereocenters. The molecule has 2 rings (SSSR count). The summed E-state index contributed by atoms with van der Waals surface area (Å²) in [5, 5.41) is 10.4. The number of aliphatic hydroxyl groups excluding tert-OH is 1. The lowest BCUT2D eigenvalue weighted by Gasteiger charge is -2.55. The van der Waals surface area contributed by atoms with E-state index in [9.17, 15) is 5.11 Å². The van der Waals surface area contributed by atoms with Crippen LogP contribution in [-0.4, -0.2) is 37.6 Å². The summed E-state index contributed by atoms with van der Waals surface area (Å²) in [6, 6.07) is 0. The number of hydrogen-bond acceptors (Lipinski definition) is 3. The van der Waals surface area contributed by atoms with Gasteiger partial charge in [0.2, 0.25) is 0 Å². The first-order valence-electron chi connectivity index (χ1n) is 5.53. The zero-order chi connectivity index (χ0) is 10.2. The first-order chi connectivity index (χ1) is 6.69. The topological polar surface area (TPSA) is 38.7 Å². The zero-order valence-corrected chi connectivity index (χ0v) is 9.08. The van der Waals surface area contributed by atoms with Crippen LogP contribution >= 0.6 is 0 Å². The zero-order valence-electron chi connectivity index (χ0n) is 9.08. The third kappa shape index (κ3) is 1.23. The maximum Gasteiger partial charge on any atom is 0.0740 e. The van der Waals surface area contributed by atoms with E-state index >= 15 is 0 Å². The molecule has 0 saturated carbocycles. The largest absolute Gasteiger partial charge is 0.392 e. The Labute approximate surface area is 85.4 Å². The van der Waals surface area contributed by atoms with Crippen LogP contribution in [0.15, 0.2) is 0 Å². The second kappa shape index (κ2) is 3.47. The third-order valence-corrected chi connectivity index (χ3v) is 4.13. The van der Waals surface area contributed by atoms with E-state index < -0.39 is 0 Å². The SMILES string of the molecule is CCC1(C(O)C2(CC)COC2)COC1. The van der Waals surface area contributed by atoms with Crippen molar-refractivity contribution in [3.8, 4) is 0 Å². The summed E-state index contributed by atoms with van der Waals surface area (Å²) in [6.07, 6.45) is 1.73. The van der Waals surface area contributed by atoms with E-state index in [1.54, 1.807) is 0 Å². The molecule has 0 aromatic rings. The van der Waals surface area contributed by atoms with Gasteiger partial charge in [0.15, 0.2) is 0 Å². The number of hydrogen-bond donors (Lipinski definition) is 1. The number of rotatable bonds is 4. The van der Waals surface area contributed by atoms with Crippen LogP contribution in [0.5, 0.6) is 0 Å². The van der Waals surface area contributed by atoms with Crippen LogP contribution in [0.4, 0.5) is 0 Å². The molecular weight excluding hydrogens is 180 g/mol. The molecule has 0 spiro atoms. The van der Waals surface area contributed by atoms with Crippen molar-refractivity contribution in [1.29, 1.82) is 0 Å². The fourth-order valence-electron chi connectivity index (χ4n) is 2.49. The molecule has 2 fully saturated rings. The summed E-state index contributed by atoms with van der Waals surface area (Å²) in [4.78, 5) is 0. The Morgan fingerprint density at radius 2 is 1.36 bits per heavy atom. The quantitative estimate of drug-likeness (QED) is 0.741. The lowest BCUT2D eigenvalue weighted by atomic mass is 9.63. The van der Waals surface area contributed by atoms with Gasteiger partial charge in [-0.05, 0) is 12.8 Å². The van der Waals surface area contributed by atoms with Crippen LogP contribution in [0.2, 0.25) is 0 Å². The van der Waals surface area contributed by atoms with Crippen LogP contribution in [0.25, 0.3) is 0 Å². The van der Waals surface area contributed by atoms with Crippen molar-refractivity contribution in [2.45, 2.75) is 32.8 Å². The van der Waals surface area contributed by atoms with Gasteiger partial charge in [-0.1, -0.05) is 13.8 Å². The summed E-state index contributed by atoms with van der Waals surface area (Å²) in [6.45, 7) is 7.13. The molecule has 2 saturated heterocycles. The lowest BCUT2D eigenvalue weighted by Crippen LogP contribution is -2.63. The maximum atomic E-state index is 10.4. The lowest BCUT2D eigenvalue weighted by molar-refractivity contribution is -0.259. The Balaban J connectivity index is 2.09. The highest BCUT2D eigenvalue weighted by Crippen LogP contribution is 2.47. The van der Waals surface area contributed by atoms with Crippen LogP contribution < -0.4 is 0 Å². The smallest absolute Gasteiger partial charge is 0.0740 e. The van der Waals surface area contributed by atoms with E-state index in [2.05, 4.69) is 13.8 Å². The molecule has 0 aliphatic carbocycles. The molecule has 3 heteroatoms. The molecule has 82 valence electrons. The van der Waals surface area contributed by atoms with E-state index in [-0.39, 0.29) is 16.9 Å². The van der Waals surface area contributed by atoms with Crippen LogP contribution in [0.1, 0.15) is 26.7 Å². The fraction of sp³-hybridized carbons (Fsp3) is 1.00. The van der Waals surface area contributed by atoms with Gasteiger partial charge in [0.05, 0.1) is 32.5 Å². The second-order valence-corrected chi connectivity index (χ2v) is 4.82. The van der Waals surface area contributed by atoms with E-state index in [1.807, 2.05) is 0 Å². The van der Waals surface area contributed by atoms with Gasteiger partial charge in [-0.2, -0.15) is 0 Å². The molecule has 0 radical (unpaired) electrons. The highest BCUT2D eigenvalue weighted by molar-refractivity contribution is 5.03. The van der Waals surface area contributed by atoms with Crippen molar-refractivity contribution in [2.24, 2.45) is 10.8 Å². The van der Waals surface area contributed by atoms with Crippen molar-refractivity contribution in [3.63, 3.8) is 0 Å². The normalized spacial score (nSPS) is 28.3. The van der Waals surface area contributed by atoms with Crippen molar-refractivity contribution in [1.82, 2.24) is 0 Å². The second-order valence-electron chi connectivity index (χ2n) is 4.82. The van der Waals surface area contributed by atoms with Gasteiger partial charge in [0.25, 0.3) is 0 Å². The summed E-state index contributed by atoms with van der Waals surface area (Å²) in [7, 11) is 0. The maximum absolute atomic E-state index is 10.4. The molecule has 2 heterocycles. The monoisotopic (exact) mass is 200 g/mol. The van der Waals surface area contributed by atoms with Gasteiger partial charge < -0.3 is 14.6 Å². The highest BCUT2D eigenvalue weighted by Gasteiger charge is 2.55. The Kier molecular flexibility index (Phi) is 2.58. The Bertz CT molecular complexity index is 174. The Hall–Kier alpha value is -0.120. The van der Waals surface area contributed by atoms with E-state index in [0.29, 0.717) is 26.4 Å². The molecule has 1 N–H and O–H groups in total. The molecule has 2 aliphatic heterocycles. The van der Waals surface area contributed by atoms with E-state index in [4.69, 9.17) is 9.47 Å². The number of aliphatic hydroxyl groups is 1. The van der Waals surface area contributed by atoms with Crippen molar-refractivity contribution < 1.29 is 14.6 Å². The van der Waals surface area contributed by atoms with Gasteiger partial charge in [0.1, 0.15) is 0 Å². The molecule has 0 aromatic heterocycles. The molecule has 14 heavy (non-hydrogen) atoms. The van der Waals surface area contributed by atoms with Crippen LogP contribution in [0, 0.1) is 10.8 Å².